The maximum Gasteiger partial charge on any atom is 0.291 e. The van der Waals surface area contributed by atoms with Crippen LogP contribution in [0.15, 0.2) is 18.9 Å². The number of rotatable bonds is 8. The van der Waals surface area contributed by atoms with Crippen molar-refractivity contribution in [2.24, 2.45) is 4.40 Å². The Morgan fingerprint density at radius 2 is 2.24 bits per heavy atom. The van der Waals surface area contributed by atoms with E-state index < -0.39 is 20.0 Å². The Morgan fingerprint density at radius 3 is 2.84 bits per heavy atom. The van der Waals surface area contributed by atoms with Gasteiger partial charge in [-0.3, -0.25) is 0 Å². The summed E-state index contributed by atoms with van der Waals surface area (Å²) in [4.78, 5) is 0. The first-order chi connectivity index (χ1) is 11.8. The third-order valence-corrected chi connectivity index (χ3v) is 9.08. The largest absolute Gasteiger partial charge is 0.385 e. The molecule has 11 heteroatoms. The van der Waals surface area contributed by atoms with Crippen LogP contribution in [0.4, 0.5) is 0 Å². The van der Waals surface area contributed by atoms with Crippen molar-refractivity contribution >= 4 is 37.6 Å². The average Bonchev–Trinajstić information content (AvgIpc) is 2.99. The lowest BCUT2D eigenvalue weighted by Gasteiger charge is -2.32. The molecule has 0 aliphatic carbocycles. The zero-order chi connectivity index (χ0) is 18.7. The number of sulfonamides is 2. The lowest BCUT2D eigenvalue weighted by molar-refractivity contribution is 0.185. The van der Waals surface area contributed by atoms with E-state index in [4.69, 9.17) is 4.74 Å². The Labute approximate surface area is 153 Å². The quantitative estimate of drug-likeness (QED) is 0.511. The molecule has 1 aromatic rings. The van der Waals surface area contributed by atoms with Crippen molar-refractivity contribution in [3.05, 3.63) is 11.6 Å². The monoisotopic (exact) mass is 409 g/mol. The molecule has 2 heterocycles. The Morgan fingerprint density at radius 1 is 1.52 bits per heavy atom. The molecule has 1 aliphatic rings. The molecule has 0 unspecified atom stereocenters. The molecule has 1 aromatic heterocycles. The predicted octanol–water partition coefficient (Wildman–Crippen LogP) is 1.22. The molecule has 8 nitrogen and oxygen atoms in total. The number of methoxy groups -OCH3 is 1. The number of fused-ring (bicyclic) bond motifs is 1. The molecule has 0 saturated carbocycles. The Hall–Kier alpha value is -0.850. The Balaban J connectivity index is 2.48. The van der Waals surface area contributed by atoms with Gasteiger partial charge in [-0.15, -0.1) is 11.3 Å². The molecular weight excluding hydrogens is 386 g/mol. The van der Waals surface area contributed by atoms with E-state index in [1.165, 1.54) is 23.5 Å². The zero-order valence-electron chi connectivity index (χ0n) is 14.4. The summed E-state index contributed by atoms with van der Waals surface area (Å²) in [5.74, 6) is 0. The molecule has 1 N–H and O–H groups in total. The minimum absolute atomic E-state index is 0.0548. The van der Waals surface area contributed by atoms with Gasteiger partial charge in [-0.2, -0.15) is 17.1 Å². The Bertz CT molecular complexity index is 830. The third kappa shape index (κ3) is 4.29. The van der Waals surface area contributed by atoms with E-state index in [2.05, 4.69) is 9.71 Å². The molecule has 0 amide bonds. The van der Waals surface area contributed by atoms with Crippen molar-refractivity contribution in [1.82, 2.24) is 9.62 Å². The lowest BCUT2D eigenvalue weighted by atomic mass is 10.1. The van der Waals surface area contributed by atoms with Crippen LogP contribution in [-0.4, -0.2) is 60.7 Å². The van der Waals surface area contributed by atoms with E-state index >= 15 is 0 Å². The molecule has 25 heavy (non-hydrogen) atoms. The minimum Gasteiger partial charge on any atom is -0.385 e. The van der Waals surface area contributed by atoms with Gasteiger partial charge < -0.3 is 10.1 Å². The van der Waals surface area contributed by atoms with Gasteiger partial charge in [0, 0.05) is 44.6 Å². The molecule has 0 bridgehead atoms. The molecule has 0 saturated heterocycles. The smallest absolute Gasteiger partial charge is 0.291 e. The van der Waals surface area contributed by atoms with E-state index in [1.807, 2.05) is 6.92 Å². The summed E-state index contributed by atoms with van der Waals surface area (Å²) < 4.78 is 60.0. The molecule has 142 valence electrons. The second-order valence-electron chi connectivity index (χ2n) is 5.47. The number of hydrogen-bond acceptors (Lipinski definition) is 7. The van der Waals surface area contributed by atoms with Crippen molar-refractivity contribution in [1.29, 1.82) is 0 Å². The molecule has 0 radical (unpaired) electrons. The van der Waals surface area contributed by atoms with E-state index in [0.717, 1.165) is 11.3 Å². The zero-order valence-corrected chi connectivity index (χ0v) is 16.9. The van der Waals surface area contributed by atoms with Crippen LogP contribution in [0, 0.1) is 0 Å². The van der Waals surface area contributed by atoms with Gasteiger partial charge in [0.1, 0.15) is 8.42 Å². The lowest BCUT2D eigenvalue weighted by Crippen LogP contribution is -2.43. The van der Waals surface area contributed by atoms with E-state index in [9.17, 15) is 16.8 Å². The van der Waals surface area contributed by atoms with Gasteiger partial charge in [0.25, 0.3) is 20.0 Å². The molecule has 1 aliphatic heterocycles. The van der Waals surface area contributed by atoms with Crippen LogP contribution in [0.1, 0.15) is 31.9 Å². The van der Waals surface area contributed by atoms with E-state index in [1.54, 1.807) is 7.11 Å². The highest BCUT2D eigenvalue weighted by atomic mass is 32.3. The van der Waals surface area contributed by atoms with Gasteiger partial charge in [0.15, 0.2) is 0 Å². The fraction of sp³-hybridized carbons (Fsp3) is 0.643. The van der Waals surface area contributed by atoms with Crippen molar-refractivity contribution in [3.8, 4) is 0 Å². The summed E-state index contributed by atoms with van der Waals surface area (Å²) in [6.45, 7) is 5.11. The summed E-state index contributed by atoms with van der Waals surface area (Å²) in [6.07, 6.45) is 1.75. The topological polar surface area (TPSA) is 105 Å². The summed E-state index contributed by atoms with van der Waals surface area (Å²) in [6, 6.07) is 1.18. The first-order valence-corrected chi connectivity index (χ1v) is 11.6. The molecule has 0 spiro atoms. The second-order valence-corrected chi connectivity index (χ2v) is 10.5. The number of hydrogen-bond donors (Lipinski definition) is 1. The maximum absolute atomic E-state index is 12.9. The van der Waals surface area contributed by atoms with Crippen LogP contribution >= 0.6 is 11.3 Å². The highest BCUT2D eigenvalue weighted by molar-refractivity contribution is 7.94. The minimum atomic E-state index is -3.87. The van der Waals surface area contributed by atoms with Gasteiger partial charge in [-0.1, -0.05) is 6.92 Å². The van der Waals surface area contributed by atoms with Crippen LogP contribution in [0.3, 0.4) is 0 Å². The van der Waals surface area contributed by atoms with Crippen molar-refractivity contribution in [2.45, 2.75) is 34.7 Å². The van der Waals surface area contributed by atoms with E-state index in [0.29, 0.717) is 31.7 Å². The first-order valence-electron chi connectivity index (χ1n) is 7.89. The van der Waals surface area contributed by atoms with Crippen LogP contribution < -0.4 is 5.32 Å². The van der Waals surface area contributed by atoms with Crippen molar-refractivity contribution < 1.29 is 21.6 Å². The van der Waals surface area contributed by atoms with Crippen LogP contribution in [-0.2, 0) is 24.8 Å². The number of nitrogens with one attached hydrogen (secondary N) is 1. The summed E-state index contributed by atoms with van der Waals surface area (Å²) in [5.41, 5.74) is 0.500. The third-order valence-electron chi connectivity index (χ3n) is 3.74. The SMILES string of the molecule is C/C=N\S(=O)(=O)c1cc2c(s1)S(=O)(=O)N(CCCOC)C[C@@H]2NCC. The number of ether oxygens (including phenoxy) is 1. The summed E-state index contributed by atoms with van der Waals surface area (Å²) >= 11 is 0.759. The number of nitrogens with zero attached hydrogens (tertiary/aromatic N) is 2. The van der Waals surface area contributed by atoms with Gasteiger partial charge in [0.05, 0.1) is 0 Å². The highest BCUT2D eigenvalue weighted by Crippen LogP contribution is 2.40. The number of likely N-dealkylation sites (N-methyl/N-ethyl adjacent to an activating group) is 1. The highest BCUT2D eigenvalue weighted by Gasteiger charge is 2.39. The van der Waals surface area contributed by atoms with Crippen LogP contribution in [0.5, 0.6) is 0 Å². The van der Waals surface area contributed by atoms with Gasteiger partial charge in [0.2, 0.25) is 0 Å². The predicted molar refractivity (Wildman–Crippen MR) is 97.3 cm³/mol. The van der Waals surface area contributed by atoms with Crippen LogP contribution in [0.25, 0.3) is 0 Å². The van der Waals surface area contributed by atoms with Crippen molar-refractivity contribution in [2.75, 3.05) is 33.4 Å². The molecule has 2 rings (SSSR count). The maximum atomic E-state index is 12.9. The second kappa shape index (κ2) is 8.23. The molecule has 0 aromatic carbocycles. The summed E-state index contributed by atoms with van der Waals surface area (Å²) in [5, 5.41) is 3.23. The Kier molecular flexibility index (Phi) is 6.74. The molecular formula is C14H23N3O5S3. The van der Waals surface area contributed by atoms with Gasteiger partial charge in [-0.25, -0.2) is 8.42 Å². The fourth-order valence-electron chi connectivity index (χ4n) is 2.66. The fourth-order valence-corrected chi connectivity index (χ4v) is 7.42. The number of thiophene rings is 1. The molecule has 1 atom stereocenters. The standard InChI is InChI=1S/C14H23N3O5S3/c1-4-15-12-10-17(7-6-8-22-3)25(20,21)14-11(12)9-13(23-14)24(18,19)16-5-2/h5,9,12,15H,4,6-8,10H2,1-3H3/b16-5-/t12-/m0/s1. The first kappa shape index (κ1) is 20.5. The average molecular weight is 410 g/mol. The summed E-state index contributed by atoms with van der Waals surface area (Å²) in [7, 11) is -6.04. The molecule has 0 fully saturated rings. The van der Waals surface area contributed by atoms with Gasteiger partial charge >= 0.3 is 0 Å². The van der Waals surface area contributed by atoms with Crippen molar-refractivity contribution in [3.63, 3.8) is 0 Å². The van der Waals surface area contributed by atoms with Crippen LogP contribution in [0.2, 0.25) is 0 Å². The normalized spacial score (nSPS) is 20.8. The van der Waals surface area contributed by atoms with Gasteiger partial charge in [-0.05, 0) is 26.0 Å². The van der Waals surface area contributed by atoms with E-state index in [-0.39, 0.29) is 21.0 Å².